The number of anilines is 1. The van der Waals surface area contributed by atoms with Crippen LogP contribution in [0.5, 0.6) is 0 Å². The highest BCUT2D eigenvalue weighted by Gasteiger charge is 2.39. The molecule has 2 amide bonds. The summed E-state index contributed by atoms with van der Waals surface area (Å²) in [6.07, 6.45) is -0.665. The van der Waals surface area contributed by atoms with Crippen LogP contribution in [0, 0.1) is 0 Å². The number of thiocarbonyl (C=S) groups is 1. The third kappa shape index (κ3) is 3.69. The van der Waals surface area contributed by atoms with Crippen molar-refractivity contribution in [3.05, 3.63) is 28.2 Å². The second-order valence-electron chi connectivity index (χ2n) is 5.71. The Labute approximate surface area is 143 Å². The van der Waals surface area contributed by atoms with Gasteiger partial charge in [0.1, 0.15) is 12.1 Å². The summed E-state index contributed by atoms with van der Waals surface area (Å²) in [6.45, 7) is 5.03. The van der Waals surface area contributed by atoms with E-state index in [1.165, 1.54) is 4.90 Å². The fraction of sp³-hybridized carbons (Fsp3) is 0.357. The van der Waals surface area contributed by atoms with E-state index in [0.29, 0.717) is 15.7 Å². The van der Waals surface area contributed by atoms with Crippen molar-refractivity contribution in [1.82, 2.24) is 4.90 Å². The Kier molecular flexibility index (Phi) is 4.65. The zero-order valence-electron chi connectivity index (χ0n) is 12.2. The Morgan fingerprint density at radius 2 is 1.77 bits per heavy atom. The molecule has 1 aliphatic heterocycles. The molecular weight excluding hydrogens is 347 g/mol. The fourth-order valence-corrected chi connectivity index (χ4v) is 2.74. The van der Waals surface area contributed by atoms with Crippen molar-refractivity contribution < 1.29 is 14.3 Å². The third-order valence-corrected chi connectivity index (χ3v) is 3.52. The highest BCUT2D eigenvalue weighted by Crippen LogP contribution is 2.29. The molecule has 1 saturated heterocycles. The smallest absolute Gasteiger partial charge is 0.417 e. The van der Waals surface area contributed by atoms with Gasteiger partial charge in [0.15, 0.2) is 5.11 Å². The van der Waals surface area contributed by atoms with Gasteiger partial charge in [0, 0.05) is 10.0 Å². The molecule has 0 unspecified atom stereocenters. The van der Waals surface area contributed by atoms with Crippen LogP contribution in [-0.4, -0.2) is 34.2 Å². The van der Waals surface area contributed by atoms with Gasteiger partial charge >= 0.3 is 6.09 Å². The van der Waals surface area contributed by atoms with Crippen LogP contribution < -0.4 is 4.90 Å². The topological polar surface area (TPSA) is 49.9 Å². The highest BCUT2D eigenvalue weighted by molar-refractivity contribution is 7.80. The summed E-state index contributed by atoms with van der Waals surface area (Å²) in [4.78, 5) is 26.6. The average molecular weight is 361 g/mol. The van der Waals surface area contributed by atoms with Gasteiger partial charge in [-0.2, -0.15) is 0 Å². The molecule has 1 heterocycles. The van der Waals surface area contributed by atoms with Crippen LogP contribution in [0.15, 0.2) is 18.2 Å². The number of nitrogens with zero attached hydrogens (tertiary/aromatic N) is 2. The van der Waals surface area contributed by atoms with Gasteiger partial charge < -0.3 is 4.74 Å². The number of halogens is 2. The van der Waals surface area contributed by atoms with Crippen molar-refractivity contribution in [2.45, 2.75) is 26.4 Å². The molecule has 2 rings (SSSR count). The van der Waals surface area contributed by atoms with Gasteiger partial charge in [0.25, 0.3) is 5.91 Å². The molecule has 1 fully saturated rings. The van der Waals surface area contributed by atoms with Gasteiger partial charge in [-0.25, -0.2) is 9.69 Å². The van der Waals surface area contributed by atoms with E-state index in [0.717, 1.165) is 4.90 Å². The Morgan fingerprint density at radius 1 is 1.23 bits per heavy atom. The van der Waals surface area contributed by atoms with Gasteiger partial charge in [0.05, 0.1) is 5.69 Å². The molecule has 118 valence electrons. The molecule has 0 bridgehead atoms. The molecule has 1 aromatic carbocycles. The van der Waals surface area contributed by atoms with Gasteiger partial charge in [0.2, 0.25) is 0 Å². The Balaban J connectivity index is 2.27. The normalized spacial score (nSPS) is 15.5. The number of ether oxygens (including phenoxy) is 1. The SMILES string of the molecule is CC(C)(C)OC(=O)N1CC(=O)N(c2cc(Cl)cc(Cl)c2)C1=S. The molecule has 0 spiro atoms. The first kappa shape index (κ1) is 17.0. The average Bonchev–Trinajstić information content (AvgIpc) is 2.61. The first-order valence-corrected chi connectivity index (χ1v) is 7.58. The van der Waals surface area contributed by atoms with Gasteiger partial charge in [-0.15, -0.1) is 0 Å². The molecule has 0 saturated carbocycles. The van der Waals surface area contributed by atoms with Crippen LogP contribution in [0.25, 0.3) is 0 Å². The molecule has 8 heteroatoms. The van der Waals surface area contributed by atoms with Crippen molar-refractivity contribution in [1.29, 1.82) is 0 Å². The Morgan fingerprint density at radius 3 is 2.27 bits per heavy atom. The van der Waals surface area contributed by atoms with E-state index in [2.05, 4.69) is 0 Å². The molecule has 0 N–H and O–H groups in total. The van der Waals surface area contributed by atoms with E-state index in [1.807, 2.05) is 0 Å². The van der Waals surface area contributed by atoms with Crippen LogP contribution in [0.4, 0.5) is 10.5 Å². The van der Waals surface area contributed by atoms with E-state index in [1.54, 1.807) is 39.0 Å². The van der Waals surface area contributed by atoms with Gasteiger partial charge in [-0.05, 0) is 51.2 Å². The lowest BCUT2D eigenvalue weighted by Crippen LogP contribution is -2.39. The largest absolute Gasteiger partial charge is 0.443 e. The van der Waals surface area contributed by atoms with Crippen LogP contribution in [0.3, 0.4) is 0 Å². The number of rotatable bonds is 1. The predicted molar refractivity (Wildman–Crippen MR) is 89.5 cm³/mol. The zero-order chi connectivity index (χ0) is 16.7. The highest BCUT2D eigenvalue weighted by atomic mass is 35.5. The molecular formula is C14H14Cl2N2O3S. The molecule has 5 nitrogen and oxygen atoms in total. The number of carbonyl (C=O) groups excluding carboxylic acids is 2. The second-order valence-corrected chi connectivity index (χ2v) is 6.94. The second kappa shape index (κ2) is 6.02. The van der Waals surface area contributed by atoms with E-state index >= 15 is 0 Å². The number of amides is 2. The Hall–Kier alpha value is -1.37. The van der Waals surface area contributed by atoms with Crippen molar-refractivity contribution in [2.75, 3.05) is 11.4 Å². The minimum Gasteiger partial charge on any atom is -0.443 e. The van der Waals surface area contributed by atoms with Crippen molar-refractivity contribution in [3.63, 3.8) is 0 Å². The van der Waals surface area contributed by atoms with Crippen molar-refractivity contribution in [2.24, 2.45) is 0 Å². The lowest BCUT2D eigenvalue weighted by Gasteiger charge is -2.24. The number of benzene rings is 1. The van der Waals surface area contributed by atoms with E-state index < -0.39 is 11.7 Å². The van der Waals surface area contributed by atoms with Crippen LogP contribution in [0.1, 0.15) is 20.8 Å². The molecule has 0 aromatic heterocycles. The minimum atomic E-state index is -0.678. The molecule has 1 aliphatic rings. The lowest BCUT2D eigenvalue weighted by molar-refractivity contribution is -0.116. The standard InChI is InChI=1S/C14H14Cl2N2O3S/c1-14(2,3)21-13(20)17-7-11(19)18(12(17)22)10-5-8(15)4-9(16)6-10/h4-6H,7H2,1-3H3. The maximum Gasteiger partial charge on any atom is 0.417 e. The lowest BCUT2D eigenvalue weighted by atomic mass is 10.2. The van der Waals surface area contributed by atoms with Crippen LogP contribution >= 0.6 is 35.4 Å². The van der Waals surface area contributed by atoms with Crippen LogP contribution in [0.2, 0.25) is 10.0 Å². The van der Waals surface area contributed by atoms with Crippen LogP contribution in [-0.2, 0) is 9.53 Å². The van der Waals surface area contributed by atoms with E-state index in [4.69, 9.17) is 40.2 Å². The minimum absolute atomic E-state index is 0.0394. The van der Waals surface area contributed by atoms with Crippen molar-refractivity contribution >= 4 is 58.2 Å². The maximum atomic E-state index is 12.2. The first-order chi connectivity index (χ1) is 10.1. The molecule has 0 aliphatic carbocycles. The number of carbonyl (C=O) groups is 2. The molecule has 1 aromatic rings. The molecule has 0 atom stereocenters. The number of hydrogen-bond donors (Lipinski definition) is 0. The maximum absolute atomic E-state index is 12.2. The third-order valence-electron chi connectivity index (χ3n) is 2.68. The van der Waals surface area contributed by atoms with E-state index in [9.17, 15) is 9.59 Å². The van der Waals surface area contributed by atoms with Crippen molar-refractivity contribution in [3.8, 4) is 0 Å². The summed E-state index contributed by atoms with van der Waals surface area (Å²) in [5, 5.41) is 0.778. The summed E-state index contributed by atoms with van der Waals surface area (Å²) in [5.74, 6) is -0.353. The summed E-state index contributed by atoms with van der Waals surface area (Å²) in [5.41, 5.74) is -0.263. The summed E-state index contributed by atoms with van der Waals surface area (Å²) in [6, 6.07) is 4.65. The predicted octanol–water partition coefficient (Wildman–Crippen LogP) is 3.86. The van der Waals surface area contributed by atoms with Gasteiger partial charge in [-0.3, -0.25) is 9.69 Å². The zero-order valence-corrected chi connectivity index (χ0v) is 14.6. The number of hydrogen-bond acceptors (Lipinski definition) is 4. The quantitative estimate of drug-likeness (QED) is 0.713. The summed E-state index contributed by atoms with van der Waals surface area (Å²) in [7, 11) is 0. The first-order valence-electron chi connectivity index (χ1n) is 6.42. The Bertz CT molecular complexity index is 638. The molecule has 22 heavy (non-hydrogen) atoms. The van der Waals surface area contributed by atoms with Gasteiger partial charge in [-0.1, -0.05) is 23.2 Å². The molecule has 0 radical (unpaired) electrons. The fourth-order valence-electron chi connectivity index (χ4n) is 1.88. The summed E-state index contributed by atoms with van der Waals surface area (Å²) >= 11 is 17.1. The van der Waals surface area contributed by atoms with E-state index in [-0.39, 0.29) is 17.6 Å². The monoisotopic (exact) mass is 360 g/mol. The summed E-state index contributed by atoms with van der Waals surface area (Å²) < 4.78 is 5.24.